The van der Waals surface area contributed by atoms with E-state index in [0.717, 1.165) is 15.4 Å². The highest BCUT2D eigenvalue weighted by atomic mass is 79.9. The largest absolute Gasteiger partial charge is 0.461 e. The maximum absolute atomic E-state index is 11.1. The number of esters is 3. The number of rotatable bonds is 11. The minimum atomic E-state index is -0.769. The highest BCUT2D eigenvalue weighted by Crippen LogP contribution is 2.16. The highest BCUT2D eigenvalue weighted by molar-refractivity contribution is 9.09. The van der Waals surface area contributed by atoms with Gasteiger partial charge in [-0.3, -0.25) is 9.59 Å². The van der Waals surface area contributed by atoms with E-state index in [4.69, 9.17) is 15.2 Å². The summed E-state index contributed by atoms with van der Waals surface area (Å²) in [7, 11) is 8.55. The molecule has 23 heteroatoms. The molecule has 0 aliphatic carbocycles. The lowest BCUT2D eigenvalue weighted by Gasteiger charge is -1.95. The first kappa shape index (κ1) is 50.9. The van der Waals surface area contributed by atoms with Gasteiger partial charge in [-0.25, -0.2) is 29.3 Å². The normalized spacial score (nSPS) is 8.82. The molecule has 0 aromatic carbocycles. The number of alkyl halides is 1. The second kappa shape index (κ2) is 31.5. The number of ether oxygens (including phenoxy) is 3. The molecule has 0 aliphatic rings. The van der Waals surface area contributed by atoms with Crippen molar-refractivity contribution in [1.82, 2.24) is 25.6 Å². The number of ketones is 1. The SMILES string of the molecule is Br.CCOC(=O)C(=O)CBr.CCOC(=O)c1csc(NC)n1.CCOC(=O)c1csc(NC)n1.CNC(=O)c1csc(NC)n1.CNC(N)=S. The third-order valence-electron chi connectivity index (χ3n) is 4.45. The van der Waals surface area contributed by atoms with Gasteiger partial charge in [0, 0.05) is 51.4 Å². The van der Waals surface area contributed by atoms with Gasteiger partial charge < -0.3 is 46.5 Å². The number of Topliss-reactive ketones (excluding diaryl/α,β-unsaturated/α-hetero) is 1. The molecule has 0 aliphatic heterocycles. The molecule has 3 aromatic rings. The summed E-state index contributed by atoms with van der Waals surface area (Å²) in [6.07, 6.45) is 0. The third kappa shape index (κ3) is 23.0. The lowest BCUT2D eigenvalue weighted by molar-refractivity contribution is -0.152. The van der Waals surface area contributed by atoms with Gasteiger partial charge in [-0.2, -0.15) is 0 Å². The van der Waals surface area contributed by atoms with Crippen molar-refractivity contribution in [3.8, 4) is 0 Å². The molecule has 282 valence electrons. The molecule has 0 spiro atoms. The topological polar surface area (TPSA) is 238 Å². The maximum Gasteiger partial charge on any atom is 0.375 e. The first-order valence-electron chi connectivity index (χ1n) is 14.0. The van der Waals surface area contributed by atoms with Gasteiger partial charge in [-0.15, -0.1) is 51.0 Å². The molecule has 50 heavy (non-hydrogen) atoms. The summed E-state index contributed by atoms with van der Waals surface area (Å²) in [5.41, 5.74) is 6.11. The van der Waals surface area contributed by atoms with E-state index in [0.29, 0.717) is 35.4 Å². The van der Waals surface area contributed by atoms with E-state index in [1.807, 2.05) is 0 Å². The molecular weight excluding hydrogens is 866 g/mol. The first-order valence-corrected chi connectivity index (χ1v) is 18.2. The summed E-state index contributed by atoms with van der Waals surface area (Å²) in [5.74, 6) is -2.19. The second-order valence-corrected chi connectivity index (χ2v) is 11.4. The van der Waals surface area contributed by atoms with Crippen molar-refractivity contribution in [2.45, 2.75) is 20.8 Å². The van der Waals surface area contributed by atoms with Gasteiger partial charge in [0.05, 0.1) is 25.2 Å². The average molecular weight is 910 g/mol. The number of nitrogens with one attached hydrogen (secondary N) is 5. The molecule has 1 amide bonds. The predicted molar refractivity (Wildman–Crippen MR) is 212 cm³/mol. The van der Waals surface area contributed by atoms with E-state index < -0.39 is 11.8 Å². The van der Waals surface area contributed by atoms with Gasteiger partial charge in [0.1, 0.15) is 5.69 Å². The number of thiocarbonyl (C=S) groups is 1. The minimum absolute atomic E-state index is 0. The smallest absolute Gasteiger partial charge is 0.375 e. The van der Waals surface area contributed by atoms with Crippen LogP contribution in [0.5, 0.6) is 0 Å². The summed E-state index contributed by atoms with van der Waals surface area (Å²) in [4.78, 5) is 65.8. The molecule has 0 bridgehead atoms. The lowest BCUT2D eigenvalue weighted by Crippen LogP contribution is -2.24. The van der Waals surface area contributed by atoms with E-state index in [2.05, 4.69) is 74.4 Å². The number of nitrogens with zero attached hydrogens (tertiary/aromatic N) is 3. The Labute approximate surface area is 327 Å². The minimum Gasteiger partial charge on any atom is -0.461 e. The molecule has 7 N–H and O–H groups in total. The lowest BCUT2D eigenvalue weighted by atomic mass is 10.5. The van der Waals surface area contributed by atoms with Gasteiger partial charge in [0.2, 0.25) is 5.78 Å². The molecular formula is C27H43Br2N9O8S4. The van der Waals surface area contributed by atoms with E-state index in [-0.39, 0.29) is 46.8 Å². The summed E-state index contributed by atoms with van der Waals surface area (Å²) >= 11 is 11.4. The zero-order valence-electron chi connectivity index (χ0n) is 28.7. The molecule has 0 unspecified atom stereocenters. The van der Waals surface area contributed by atoms with Crippen LogP contribution < -0.4 is 32.3 Å². The van der Waals surface area contributed by atoms with Gasteiger partial charge in [0.15, 0.2) is 31.9 Å². The fourth-order valence-electron chi connectivity index (χ4n) is 2.26. The van der Waals surface area contributed by atoms with Gasteiger partial charge in [0.25, 0.3) is 5.91 Å². The number of aromatic nitrogens is 3. The molecule has 3 rings (SSSR count). The number of anilines is 3. The van der Waals surface area contributed by atoms with Gasteiger partial charge in [-0.05, 0) is 33.0 Å². The Morgan fingerprint density at radius 2 is 1.04 bits per heavy atom. The van der Waals surface area contributed by atoms with Gasteiger partial charge in [-0.1, -0.05) is 15.9 Å². The quantitative estimate of drug-likeness (QED) is 0.0527. The number of carbonyl (C=O) groups excluding carboxylic acids is 5. The number of hydrogen-bond acceptors (Lipinski definition) is 18. The van der Waals surface area contributed by atoms with Crippen LogP contribution in [-0.4, -0.2) is 110 Å². The first-order chi connectivity index (χ1) is 23.3. The highest BCUT2D eigenvalue weighted by Gasteiger charge is 2.12. The predicted octanol–water partition coefficient (Wildman–Crippen LogP) is 3.81. The fraction of sp³-hybridized carbons (Fsp3) is 0.444. The number of thiazole rings is 3. The number of nitrogens with two attached hydrogens (primary N) is 1. The van der Waals surface area contributed by atoms with Crippen LogP contribution in [0.2, 0.25) is 0 Å². The summed E-state index contributed by atoms with van der Waals surface area (Å²) < 4.78 is 13.9. The number of amides is 1. The molecule has 0 fully saturated rings. The second-order valence-electron chi connectivity index (χ2n) is 7.78. The van der Waals surface area contributed by atoms with Crippen molar-refractivity contribution in [1.29, 1.82) is 0 Å². The van der Waals surface area contributed by atoms with Crippen LogP contribution in [0.25, 0.3) is 0 Å². The van der Waals surface area contributed by atoms with Crippen LogP contribution in [-0.2, 0) is 23.8 Å². The van der Waals surface area contributed by atoms with Crippen LogP contribution in [0.1, 0.15) is 52.2 Å². The Morgan fingerprint density at radius 1 is 0.700 bits per heavy atom. The van der Waals surface area contributed by atoms with E-state index >= 15 is 0 Å². The van der Waals surface area contributed by atoms with Crippen molar-refractivity contribution in [2.24, 2.45) is 5.73 Å². The molecule has 0 radical (unpaired) electrons. The van der Waals surface area contributed by atoms with Crippen LogP contribution in [0.15, 0.2) is 16.1 Å². The monoisotopic (exact) mass is 907 g/mol. The zero-order chi connectivity index (χ0) is 37.8. The molecule has 3 heterocycles. The summed E-state index contributed by atoms with van der Waals surface area (Å²) in [6, 6.07) is 0. The van der Waals surface area contributed by atoms with Crippen LogP contribution >= 0.6 is 79.1 Å². The number of halogens is 2. The fourth-order valence-corrected chi connectivity index (χ4v) is 4.42. The molecule has 3 aromatic heterocycles. The number of carbonyl (C=O) groups is 5. The Morgan fingerprint density at radius 3 is 1.30 bits per heavy atom. The number of hydrogen-bond donors (Lipinski definition) is 6. The summed E-state index contributed by atoms with van der Waals surface area (Å²) in [5, 5.41) is 21.2. The van der Waals surface area contributed by atoms with E-state index in [9.17, 15) is 24.0 Å². The Bertz CT molecular complexity index is 1390. The van der Waals surface area contributed by atoms with E-state index in [1.165, 1.54) is 34.0 Å². The molecule has 0 atom stereocenters. The Balaban J connectivity index is -0.000000563. The Hall–Kier alpha value is -3.51. The molecule has 17 nitrogen and oxygen atoms in total. The van der Waals surface area contributed by atoms with Crippen LogP contribution in [0, 0.1) is 0 Å². The molecule has 0 saturated heterocycles. The van der Waals surface area contributed by atoms with Gasteiger partial charge >= 0.3 is 17.9 Å². The van der Waals surface area contributed by atoms with Crippen molar-refractivity contribution >= 4 is 129 Å². The standard InChI is InChI=1S/2C7H10N2O2S.C6H9N3OS.C5H7BrO3.C2H6N2S.BrH/c2*1-3-11-6(10)5-4-12-7(8-2)9-5;1-7-5(10)4-3-11-6(8-2)9-4;1-2-9-5(8)4(7)3-6;1-4-2(3)5;/h2*4H,3H2,1-2H3,(H,8,9);3H,1-2H3,(H,7,10)(H,8,9);2-3H2,1H3;1H3,(H3,3,4,5);1H. The zero-order valence-corrected chi connectivity index (χ0v) is 35.2. The summed E-state index contributed by atoms with van der Waals surface area (Å²) in [6.45, 7) is 6.19. The molecule has 0 saturated carbocycles. The Kier molecular flexibility index (Phi) is 32.0. The van der Waals surface area contributed by atoms with E-state index in [1.54, 1.807) is 72.1 Å². The van der Waals surface area contributed by atoms with Crippen LogP contribution in [0.3, 0.4) is 0 Å². The third-order valence-corrected chi connectivity index (χ3v) is 7.75. The van der Waals surface area contributed by atoms with Crippen molar-refractivity contribution in [3.63, 3.8) is 0 Å². The van der Waals surface area contributed by atoms with Crippen molar-refractivity contribution in [3.05, 3.63) is 33.2 Å². The maximum atomic E-state index is 11.1. The average Bonchev–Trinajstić information content (AvgIpc) is 3.90. The van der Waals surface area contributed by atoms with Crippen molar-refractivity contribution in [2.75, 3.05) is 76.3 Å². The van der Waals surface area contributed by atoms with Crippen LogP contribution in [0.4, 0.5) is 15.4 Å². The van der Waals surface area contributed by atoms with Crippen molar-refractivity contribution < 1.29 is 38.2 Å².